The Kier molecular flexibility index (Phi) is 3.03. The van der Waals surface area contributed by atoms with Crippen molar-refractivity contribution in [3.8, 4) is 0 Å². The molecule has 4 rings (SSSR count). The summed E-state index contributed by atoms with van der Waals surface area (Å²) in [5.41, 5.74) is 9.66. The van der Waals surface area contributed by atoms with Gasteiger partial charge in [-0.25, -0.2) is 0 Å². The van der Waals surface area contributed by atoms with Gasteiger partial charge in [-0.1, -0.05) is 12.1 Å². The fourth-order valence-corrected chi connectivity index (χ4v) is 4.69. The van der Waals surface area contributed by atoms with Gasteiger partial charge >= 0.3 is 0 Å². The molecule has 4 heteroatoms. The average molecular weight is 310 g/mol. The minimum atomic E-state index is -0.0692. The summed E-state index contributed by atoms with van der Waals surface area (Å²) in [5, 5.41) is 3.27. The van der Waals surface area contributed by atoms with Crippen molar-refractivity contribution in [1.82, 2.24) is 4.98 Å². The van der Waals surface area contributed by atoms with Crippen LogP contribution in [0.4, 0.5) is 0 Å². The van der Waals surface area contributed by atoms with E-state index < -0.39 is 0 Å². The first-order chi connectivity index (χ1) is 10.2. The molecule has 2 N–H and O–H groups in total. The summed E-state index contributed by atoms with van der Waals surface area (Å²) >= 11 is 3.55. The summed E-state index contributed by atoms with van der Waals surface area (Å²) in [6, 6.07) is 14.8. The zero-order valence-corrected chi connectivity index (χ0v) is 13.2. The first-order valence-electron chi connectivity index (χ1n) is 6.80. The van der Waals surface area contributed by atoms with Gasteiger partial charge in [-0.05, 0) is 48.2 Å². The molecule has 0 aliphatic rings. The molecular formula is C17H14N2S2. The molecule has 1 unspecified atom stereocenters. The van der Waals surface area contributed by atoms with Gasteiger partial charge in [-0.15, -0.1) is 22.7 Å². The number of pyridine rings is 1. The summed E-state index contributed by atoms with van der Waals surface area (Å²) in [6.45, 7) is 2.01. The Labute approximate surface area is 130 Å². The second-order valence-electron chi connectivity index (χ2n) is 5.18. The molecule has 0 aliphatic heterocycles. The van der Waals surface area contributed by atoms with Crippen molar-refractivity contribution in [3.05, 3.63) is 64.0 Å². The zero-order valence-electron chi connectivity index (χ0n) is 11.5. The van der Waals surface area contributed by atoms with Gasteiger partial charge in [-0.3, -0.25) is 4.98 Å². The molecule has 1 atom stereocenters. The zero-order chi connectivity index (χ0) is 14.4. The number of nitrogens with zero attached hydrogens (tertiary/aromatic N) is 1. The van der Waals surface area contributed by atoms with Crippen molar-refractivity contribution in [2.75, 3.05) is 0 Å². The van der Waals surface area contributed by atoms with Gasteiger partial charge < -0.3 is 5.73 Å². The molecule has 3 aromatic heterocycles. The Morgan fingerprint density at radius 2 is 1.95 bits per heavy atom. The van der Waals surface area contributed by atoms with Gasteiger partial charge in [0.15, 0.2) is 0 Å². The topological polar surface area (TPSA) is 38.9 Å². The lowest BCUT2D eigenvalue weighted by Gasteiger charge is -2.11. The van der Waals surface area contributed by atoms with Crippen molar-refractivity contribution in [3.63, 3.8) is 0 Å². The quantitative estimate of drug-likeness (QED) is 0.574. The SMILES string of the molecule is Cc1ccc2cc(C(N)c3cc4sccc4s3)ccc2n1. The van der Waals surface area contributed by atoms with Crippen LogP contribution in [-0.2, 0) is 0 Å². The van der Waals surface area contributed by atoms with Crippen LogP contribution in [0.2, 0.25) is 0 Å². The molecule has 0 bridgehead atoms. The van der Waals surface area contributed by atoms with Crippen LogP contribution in [0.3, 0.4) is 0 Å². The minimum absolute atomic E-state index is 0.0692. The van der Waals surface area contributed by atoms with E-state index in [0.29, 0.717) is 0 Å². The van der Waals surface area contributed by atoms with Crippen molar-refractivity contribution in [1.29, 1.82) is 0 Å². The van der Waals surface area contributed by atoms with Gasteiger partial charge in [0.25, 0.3) is 0 Å². The summed E-state index contributed by atoms with van der Waals surface area (Å²) < 4.78 is 2.65. The first kappa shape index (κ1) is 13.0. The second-order valence-corrected chi connectivity index (χ2v) is 7.24. The highest BCUT2D eigenvalue weighted by molar-refractivity contribution is 7.27. The van der Waals surface area contributed by atoms with E-state index in [4.69, 9.17) is 5.73 Å². The third kappa shape index (κ3) is 2.25. The van der Waals surface area contributed by atoms with Gasteiger partial charge in [0, 0.05) is 25.4 Å². The highest BCUT2D eigenvalue weighted by Crippen LogP contribution is 2.35. The number of hydrogen-bond acceptors (Lipinski definition) is 4. The van der Waals surface area contributed by atoms with Gasteiger partial charge in [0.1, 0.15) is 0 Å². The highest BCUT2D eigenvalue weighted by Gasteiger charge is 2.13. The predicted octanol–water partition coefficient (Wildman–Crippen LogP) is 4.87. The molecular weight excluding hydrogens is 296 g/mol. The fourth-order valence-electron chi connectivity index (χ4n) is 2.54. The third-order valence-electron chi connectivity index (χ3n) is 3.68. The molecule has 0 radical (unpaired) electrons. The van der Waals surface area contributed by atoms with Crippen molar-refractivity contribution in [2.45, 2.75) is 13.0 Å². The molecule has 0 amide bonds. The molecule has 1 aromatic carbocycles. The number of aromatic nitrogens is 1. The maximum absolute atomic E-state index is 6.45. The number of rotatable bonds is 2. The summed E-state index contributed by atoms with van der Waals surface area (Å²) in [4.78, 5) is 5.76. The van der Waals surface area contributed by atoms with E-state index in [-0.39, 0.29) is 6.04 Å². The summed E-state index contributed by atoms with van der Waals surface area (Å²) in [5.74, 6) is 0. The molecule has 21 heavy (non-hydrogen) atoms. The smallest absolute Gasteiger partial charge is 0.0705 e. The molecule has 0 saturated carbocycles. The van der Waals surface area contributed by atoms with E-state index in [1.165, 1.54) is 14.3 Å². The van der Waals surface area contributed by atoms with Crippen molar-refractivity contribution in [2.24, 2.45) is 5.73 Å². The fraction of sp³-hybridized carbons (Fsp3) is 0.118. The lowest BCUT2D eigenvalue weighted by Crippen LogP contribution is -2.10. The average Bonchev–Trinajstić information content (AvgIpc) is 3.07. The number of nitrogens with two attached hydrogens (primary N) is 1. The minimum Gasteiger partial charge on any atom is -0.320 e. The third-order valence-corrected chi connectivity index (χ3v) is 5.85. The van der Waals surface area contributed by atoms with E-state index in [1.54, 1.807) is 22.7 Å². The second kappa shape index (κ2) is 4.91. The summed E-state index contributed by atoms with van der Waals surface area (Å²) in [6.07, 6.45) is 0. The van der Waals surface area contributed by atoms with Crippen LogP contribution >= 0.6 is 22.7 Å². The van der Waals surface area contributed by atoms with Crippen LogP contribution in [0, 0.1) is 6.92 Å². The Bertz CT molecular complexity index is 908. The van der Waals surface area contributed by atoms with E-state index in [1.807, 2.05) is 13.0 Å². The van der Waals surface area contributed by atoms with Gasteiger partial charge in [0.05, 0.1) is 11.6 Å². The van der Waals surface area contributed by atoms with E-state index >= 15 is 0 Å². The van der Waals surface area contributed by atoms with E-state index in [2.05, 4.69) is 46.8 Å². The molecule has 0 saturated heterocycles. The van der Waals surface area contributed by atoms with Crippen LogP contribution < -0.4 is 5.73 Å². The lowest BCUT2D eigenvalue weighted by molar-refractivity contribution is 0.896. The number of aryl methyl sites for hydroxylation is 1. The highest BCUT2D eigenvalue weighted by atomic mass is 32.1. The molecule has 104 valence electrons. The Morgan fingerprint density at radius 1 is 1.05 bits per heavy atom. The summed E-state index contributed by atoms with van der Waals surface area (Å²) in [7, 11) is 0. The molecule has 0 aliphatic carbocycles. The van der Waals surface area contributed by atoms with Crippen molar-refractivity contribution >= 4 is 43.0 Å². The van der Waals surface area contributed by atoms with E-state index in [0.717, 1.165) is 22.2 Å². The van der Waals surface area contributed by atoms with Crippen LogP contribution in [0.15, 0.2) is 47.8 Å². The molecule has 4 aromatic rings. The predicted molar refractivity (Wildman–Crippen MR) is 92.2 cm³/mol. The molecule has 3 heterocycles. The maximum Gasteiger partial charge on any atom is 0.0705 e. The van der Waals surface area contributed by atoms with Gasteiger partial charge in [0.2, 0.25) is 0 Å². The van der Waals surface area contributed by atoms with Crippen LogP contribution in [0.25, 0.3) is 20.3 Å². The number of hydrogen-bond donors (Lipinski definition) is 1. The number of benzene rings is 1. The van der Waals surface area contributed by atoms with Crippen LogP contribution in [0.5, 0.6) is 0 Å². The van der Waals surface area contributed by atoms with Gasteiger partial charge in [-0.2, -0.15) is 0 Å². The molecule has 2 nitrogen and oxygen atoms in total. The largest absolute Gasteiger partial charge is 0.320 e. The van der Waals surface area contributed by atoms with E-state index in [9.17, 15) is 0 Å². The normalized spacial score (nSPS) is 13.0. The first-order valence-corrected chi connectivity index (χ1v) is 8.50. The maximum atomic E-state index is 6.45. The Morgan fingerprint density at radius 3 is 2.81 bits per heavy atom. The molecule has 0 fully saturated rings. The standard InChI is InChI=1S/C17H14N2S2/c1-10-2-3-11-8-12(4-5-13(11)19-10)17(18)16-9-15-14(21-16)6-7-20-15/h2-9,17H,18H2,1H3. The number of fused-ring (bicyclic) bond motifs is 2. The monoisotopic (exact) mass is 310 g/mol. The van der Waals surface area contributed by atoms with Crippen LogP contribution in [-0.4, -0.2) is 4.98 Å². The number of thiophene rings is 2. The van der Waals surface area contributed by atoms with Crippen LogP contribution in [0.1, 0.15) is 22.2 Å². The molecule has 0 spiro atoms. The van der Waals surface area contributed by atoms with Crippen molar-refractivity contribution < 1.29 is 0 Å². The lowest BCUT2D eigenvalue weighted by atomic mass is 10.0. The Hall–Kier alpha value is -1.75. The Balaban J connectivity index is 1.77.